The highest BCUT2D eigenvalue weighted by atomic mass is 19.4. The number of aromatic nitrogens is 1. The van der Waals surface area contributed by atoms with Crippen LogP contribution in [-0.4, -0.2) is 16.3 Å². The SMILES string of the molecule is Cc1c(OC(F)(F)F)ncc([N+](=O)[O-])c1CC#N. The molecule has 0 bridgehead atoms. The van der Waals surface area contributed by atoms with Crippen LogP contribution in [-0.2, 0) is 6.42 Å². The van der Waals surface area contributed by atoms with Crippen LogP contribution < -0.4 is 4.74 Å². The molecule has 1 heterocycles. The summed E-state index contributed by atoms with van der Waals surface area (Å²) in [4.78, 5) is 13.1. The van der Waals surface area contributed by atoms with Crippen LogP contribution in [0.15, 0.2) is 6.20 Å². The zero-order chi connectivity index (χ0) is 13.9. The van der Waals surface area contributed by atoms with Gasteiger partial charge in [0.15, 0.2) is 0 Å². The Balaban J connectivity index is 3.31. The molecule has 9 heteroatoms. The summed E-state index contributed by atoms with van der Waals surface area (Å²) in [6.45, 7) is 1.17. The van der Waals surface area contributed by atoms with Crippen molar-refractivity contribution in [3.8, 4) is 11.9 Å². The molecule has 0 radical (unpaired) electrons. The van der Waals surface area contributed by atoms with Gasteiger partial charge in [0.25, 0.3) is 5.69 Å². The second-order valence-electron chi connectivity index (χ2n) is 3.19. The lowest BCUT2D eigenvalue weighted by atomic mass is 10.1. The van der Waals surface area contributed by atoms with Gasteiger partial charge < -0.3 is 4.74 Å². The average molecular weight is 261 g/mol. The average Bonchev–Trinajstić information content (AvgIpc) is 2.22. The molecule has 6 nitrogen and oxygen atoms in total. The predicted octanol–water partition coefficient (Wildman–Crippen LogP) is 2.26. The number of halogens is 3. The summed E-state index contributed by atoms with van der Waals surface area (Å²) in [5, 5.41) is 19.2. The molecular weight excluding hydrogens is 255 g/mol. The summed E-state index contributed by atoms with van der Waals surface area (Å²) in [5.41, 5.74) is -0.830. The monoisotopic (exact) mass is 261 g/mol. The fraction of sp³-hybridized carbons (Fsp3) is 0.333. The van der Waals surface area contributed by atoms with Crippen molar-refractivity contribution in [2.75, 3.05) is 0 Å². The van der Waals surface area contributed by atoms with Crippen molar-refractivity contribution in [2.45, 2.75) is 19.7 Å². The van der Waals surface area contributed by atoms with Gasteiger partial charge in [0.05, 0.1) is 23.0 Å². The molecule has 0 N–H and O–H groups in total. The maximum Gasteiger partial charge on any atom is 0.574 e. The van der Waals surface area contributed by atoms with E-state index in [1.54, 1.807) is 6.07 Å². The minimum absolute atomic E-state index is 0.142. The third-order valence-electron chi connectivity index (χ3n) is 2.05. The van der Waals surface area contributed by atoms with Gasteiger partial charge in [-0.2, -0.15) is 5.26 Å². The molecule has 0 amide bonds. The van der Waals surface area contributed by atoms with Crippen LogP contribution in [0.5, 0.6) is 5.88 Å². The molecule has 1 aromatic rings. The molecule has 0 aromatic carbocycles. The molecule has 0 aliphatic carbocycles. The first-order chi connectivity index (χ1) is 8.26. The minimum atomic E-state index is -4.95. The van der Waals surface area contributed by atoms with E-state index in [2.05, 4.69) is 9.72 Å². The number of hydrogen-bond acceptors (Lipinski definition) is 5. The summed E-state index contributed by atoms with van der Waals surface area (Å²) in [6.07, 6.45) is -4.71. The van der Waals surface area contributed by atoms with Crippen LogP contribution in [0.4, 0.5) is 18.9 Å². The summed E-state index contributed by atoms with van der Waals surface area (Å²) in [7, 11) is 0. The van der Waals surface area contributed by atoms with Crippen molar-refractivity contribution >= 4 is 5.69 Å². The van der Waals surface area contributed by atoms with Gasteiger partial charge in [-0.1, -0.05) is 0 Å². The van der Waals surface area contributed by atoms with Gasteiger partial charge in [-0.25, -0.2) is 4.98 Å². The first-order valence-corrected chi connectivity index (χ1v) is 4.52. The molecule has 0 aliphatic heterocycles. The molecule has 18 heavy (non-hydrogen) atoms. The minimum Gasteiger partial charge on any atom is -0.388 e. The van der Waals surface area contributed by atoms with Crippen molar-refractivity contribution < 1.29 is 22.8 Å². The molecule has 0 unspecified atom stereocenters. The topological polar surface area (TPSA) is 89.1 Å². The molecular formula is C9H6F3N3O3. The Bertz CT molecular complexity index is 522. The third-order valence-corrected chi connectivity index (χ3v) is 2.05. The van der Waals surface area contributed by atoms with E-state index in [9.17, 15) is 23.3 Å². The lowest BCUT2D eigenvalue weighted by Crippen LogP contribution is -2.19. The van der Waals surface area contributed by atoms with E-state index in [0.717, 1.165) is 0 Å². The largest absolute Gasteiger partial charge is 0.574 e. The quantitative estimate of drug-likeness (QED) is 0.615. The van der Waals surface area contributed by atoms with Gasteiger partial charge in [-0.15, -0.1) is 13.2 Å². The Kier molecular flexibility index (Phi) is 3.70. The van der Waals surface area contributed by atoms with E-state index < -0.39 is 29.3 Å². The zero-order valence-electron chi connectivity index (χ0n) is 8.98. The van der Waals surface area contributed by atoms with Gasteiger partial charge in [0, 0.05) is 5.56 Å². The van der Waals surface area contributed by atoms with Gasteiger partial charge in [-0.3, -0.25) is 10.1 Å². The number of ether oxygens (including phenoxy) is 1. The van der Waals surface area contributed by atoms with Crippen molar-refractivity contribution in [1.82, 2.24) is 4.98 Å². The maximum absolute atomic E-state index is 12.0. The Morgan fingerprint density at radius 3 is 2.67 bits per heavy atom. The van der Waals surface area contributed by atoms with E-state index in [4.69, 9.17) is 5.26 Å². The van der Waals surface area contributed by atoms with Gasteiger partial charge >= 0.3 is 6.36 Å². The van der Waals surface area contributed by atoms with E-state index in [1.165, 1.54) is 6.92 Å². The molecule has 1 rings (SSSR count). The highest BCUT2D eigenvalue weighted by Gasteiger charge is 2.33. The van der Waals surface area contributed by atoms with E-state index in [1.807, 2.05) is 0 Å². The molecule has 1 aromatic heterocycles. The number of pyridine rings is 1. The van der Waals surface area contributed by atoms with Crippen molar-refractivity contribution in [3.05, 3.63) is 27.4 Å². The molecule has 96 valence electrons. The summed E-state index contributed by atoms with van der Waals surface area (Å²) in [6, 6.07) is 1.64. The van der Waals surface area contributed by atoms with E-state index in [0.29, 0.717) is 6.20 Å². The maximum atomic E-state index is 12.0. The van der Waals surface area contributed by atoms with Crippen molar-refractivity contribution in [2.24, 2.45) is 0 Å². The number of nitro groups is 1. The fourth-order valence-corrected chi connectivity index (χ4v) is 1.29. The molecule has 0 saturated heterocycles. The normalized spacial score (nSPS) is 10.8. The molecule has 0 atom stereocenters. The smallest absolute Gasteiger partial charge is 0.388 e. The number of nitriles is 1. The number of hydrogen-bond donors (Lipinski definition) is 0. The second-order valence-corrected chi connectivity index (χ2v) is 3.19. The van der Waals surface area contributed by atoms with Crippen LogP contribution in [0.1, 0.15) is 11.1 Å². The van der Waals surface area contributed by atoms with Crippen molar-refractivity contribution in [1.29, 1.82) is 5.26 Å². The summed E-state index contributed by atoms with van der Waals surface area (Å²) >= 11 is 0. The predicted molar refractivity (Wildman–Crippen MR) is 51.6 cm³/mol. The van der Waals surface area contributed by atoms with E-state index >= 15 is 0 Å². The fourth-order valence-electron chi connectivity index (χ4n) is 1.29. The van der Waals surface area contributed by atoms with Crippen LogP contribution >= 0.6 is 0 Å². The van der Waals surface area contributed by atoms with Gasteiger partial charge in [-0.05, 0) is 6.92 Å². The van der Waals surface area contributed by atoms with Crippen LogP contribution in [0, 0.1) is 28.4 Å². The Labute approximate surface area is 98.8 Å². The zero-order valence-corrected chi connectivity index (χ0v) is 8.98. The third kappa shape index (κ3) is 3.07. The number of rotatable bonds is 3. The highest BCUT2D eigenvalue weighted by Crippen LogP contribution is 2.30. The van der Waals surface area contributed by atoms with Crippen LogP contribution in [0.25, 0.3) is 0 Å². The first kappa shape index (κ1) is 13.7. The Morgan fingerprint density at radius 2 is 2.22 bits per heavy atom. The standard InChI is InChI=1S/C9H6F3N3O3/c1-5-6(2-3-13)7(15(16)17)4-14-8(5)18-9(10,11)12/h4H,2H2,1H3. The summed E-state index contributed by atoms with van der Waals surface area (Å²) in [5.74, 6) is -0.793. The molecule has 0 saturated carbocycles. The number of nitrogens with zero attached hydrogens (tertiary/aromatic N) is 3. The molecule has 0 aliphatic rings. The lowest BCUT2D eigenvalue weighted by molar-refractivity contribution is -0.386. The first-order valence-electron chi connectivity index (χ1n) is 4.52. The van der Waals surface area contributed by atoms with Gasteiger partial charge in [0.1, 0.15) is 6.20 Å². The number of alkyl halides is 3. The lowest BCUT2D eigenvalue weighted by Gasteiger charge is -2.11. The summed E-state index contributed by atoms with van der Waals surface area (Å²) < 4.78 is 39.7. The van der Waals surface area contributed by atoms with Crippen LogP contribution in [0.2, 0.25) is 0 Å². The molecule has 0 fully saturated rings. The Hall–Kier alpha value is -2.37. The molecule has 0 spiro atoms. The van der Waals surface area contributed by atoms with E-state index in [-0.39, 0.29) is 11.1 Å². The second kappa shape index (κ2) is 4.87. The highest BCUT2D eigenvalue weighted by molar-refractivity contribution is 5.48. The van der Waals surface area contributed by atoms with Crippen LogP contribution in [0.3, 0.4) is 0 Å². The Morgan fingerprint density at radius 1 is 1.61 bits per heavy atom. The van der Waals surface area contributed by atoms with Gasteiger partial charge in [0.2, 0.25) is 5.88 Å². The van der Waals surface area contributed by atoms with Crippen molar-refractivity contribution in [3.63, 3.8) is 0 Å².